The Morgan fingerprint density at radius 3 is 2.12 bits per heavy atom. The molecule has 0 spiro atoms. The van der Waals surface area contributed by atoms with Crippen LogP contribution in [0.5, 0.6) is 0 Å². The van der Waals surface area contributed by atoms with Gasteiger partial charge in [0.15, 0.2) is 0 Å². The Hall–Kier alpha value is -2.92. The second kappa shape index (κ2) is 10.8. The number of alkyl halides is 6. The van der Waals surface area contributed by atoms with Crippen molar-refractivity contribution in [3.63, 3.8) is 0 Å². The summed E-state index contributed by atoms with van der Waals surface area (Å²) in [5, 5.41) is 0. The molecule has 2 aromatic carbocycles. The van der Waals surface area contributed by atoms with E-state index >= 15 is 0 Å². The predicted molar refractivity (Wildman–Crippen MR) is 131 cm³/mol. The molecule has 0 N–H and O–H groups in total. The summed E-state index contributed by atoms with van der Waals surface area (Å²) in [6, 6.07) is 6.75. The molecule has 0 radical (unpaired) electrons. The Bertz CT molecular complexity index is 1230. The normalized spacial score (nSPS) is 25.1. The monoisotopic (exact) mass is 571 g/mol. The first kappa shape index (κ1) is 28.6. The van der Waals surface area contributed by atoms with E-state index in [-0.39, 0.29) is 36.0 Å². The van der Waals surface area contributed by atoms with Crippen molar-refractivity contribution in [2.75, 3.05) is 19.8 Å². The molecule has 3 aliphatic heterocycles. The Labute approximate surface area is 226 Å². The van der Waals surface area contributed by atoms with Crippen molar-refractivity contribution in [1.29, 1.82) is 0 Å². The number of fused-ring (bicyclic) bond motifs is 1. The van der Waals surface area contributed by atoms with Gasteiger partial charge in [-0.2, -0.15) is 26.3 Å². The molecule has 3 aliphatic rings. The molecule has 40 heavy (non-hydrogen) atoms. The van der Waals surface area contributed by atoms with E-state index in [1.165, 1.54) is 19.1 Å². The summed E-state index contributed by atoms with van der Waals surface area (Å²) >= 11 is 0. The number of carbonyl (C=O) groups excluding carboxylic acids is 1. The minimum absolute atomic E-state index is 0.0789. The quantitative estimate of drug-likeness (QED) is 0.361. The van der Waals surface area contributed by atoms with Gasteiger partial charge in [-0.25, -0.2) is 4.39 Å². The third-order valence-corrected chi connectivity index (χ3v) is 8.09. The van der Waals surface area contributed by atoms with Crippen LogP contribution in [0.4, 0.5) is 30.7 Å². The highest BCUT2D eigenvalue weighted by molar-refractivity contribution is 5.90. The Balaban J connectivity index is 1.46. The van der Waals surface area contributed by atoms with Crippen molar-refractivity contribution in [2.24, 2.45) is 5.92 Å². The van der Waals surface area contributed by atoms with Gasteiger partial charge in [0.05, 0.1) is 23.3 Å². The fraction of sp³-hybridized carbons (Fsp3) is 0.483. The molecule has 4 nitrogen and oxygen atoms in total. The summed E-state index contributed by atoms with van der Waals surface area (Å²) < 4.78 is 106. The Morgan fingerprint density at radius 1 is 0.950 bits per heavy atom. The molecule has 0 saturated carbocycles. The summed E-state index contributed by atoms with van der Waals surface area (Å²) in [5.74, 6) is -0.973. The van der Waals surface area contributed by atoms with E-state index in [1.54, 1.807) is 23.1 Å². The number of ether oxygens (including phenoxy) is 2. The summed E-state index contributed by atoms with van der Waals surface area (Å²) in [7, 11) is 0. The number of halogens is 7. The van der Waals surface area contributed by atoms with Crippen LogP contribution in [0.25, 0.3) is 0 Å². The van der Waals surface area contributed by atoms with Crippen LogP contribution in [0.1, 0.15) is 60.5 Å². The molecule has 0 bridgehead atoms. The molecular weight excluding hydrogens is 543 g/mol. The van der Waals surface area contributed by atoms with Crippen LogP contribution in [0, 0.1) is 11.7 Å². The summed E-state index contributed by atoms with van der Waals surface area (Å²) in [5.41, 5.74) is -1.47. The highest BCUT2D eigenvalue weighted by Gasteiger charge is 2.48. The number of rotatable bonds is 5. The molecular formula is C29H28F7NO3. The number of carbonyl (C=O) groups is 1. The van der Waals surface area contributed by atoms with Gasteiger partial charge < -0.3 is 14.4 Å². The van der Waals surface area contributed by atoms with Gasteiger partial charge in [0.1, 0.15) is 5.82 Å². The summed E-state index contributed by atoms with van der Waals surface area (Å²) in [6.45, 7) is 2.67. The maximum absolute atomic E-state index is 13.8. The van der Waals surface area contributed by atoms with E-state index in [0.29, 0.717) is 37.3 Å². The molecule has 1 amide bonds. The van der Waals surface area contributed by atoms with Crippen molar-refractivity contribution in [3.05, 3.63) is 82.2 Å². The summed E-state index contributed by atoms with van der Waals surface area (Å²) in [6.07, 6.45) is -8.16. The van der Waals surface area contributed by atoms with Gasteiger partial charge in [-0.1, -0.05) is 17.7 Å². The number of amides is 1. The van der Waals surface area contributed by atoms with Crippen LogP contribution in [-0.4, -0.2) is 42.7 Å². The molecule has 3 heterocycles. The van der Waals surface area contributed by atoms with Crippen molar-refractivity contribution < 1.29 is 45.0 Å². The first-order valence-electron chi connectivity index (χ1n) is 13.1. The first-order valence-corrected chi connectivity index (χ1v) is 13.1. The average molecular weight is 572 g/mol. The van der Waals surface area contributed by atoms with Crippen molar-refractivity contribution in [3.8, 4) is 0 Å². The number of nitrogens with zero attached hydrogens (tertiary/aromatic N) is 1. The van der Waals surface area contributed by atoms with Crippen LogP contribution in [-0.2, 0) is 26.6 Å². The third-order valence-electron chi connectivity index (χ3n) is 8.09. The predicted octanol–water partition coefficient (Wildman–Crippen LogP) is 7.06. The van der Waals surface area contributed by atoms with Gasteiger partial charge in [-0.05, 0) is 73.6 Å². The molecule has 2 aromatic rings. The maximum Gasteiger partial charge on any atom is 0.416 e. The molecule has 0 aromatic heterocycles. The van der Waals surface area contributed by atoms with E-state index in [9.17, 15) is 35.5 Å². The maximum atomic E-state index is 13.8. The minimum atomic E-state index is -4.99. The third kappa shape index (κ3) is 5.90. The van der Waals surface area contributed by atoms with Gasteiger partial charge in [-0.15, -0.1) is 0 Å². The van der Waals surface area contributed by atoms with Crippen molar-refractivity contribution in [1.82, 2.24) is 4.90 Å². The molecule has 4 atom stereocenters. The number of hydrogen-bond acceptors (Lipinski definition) is 3. The smallest absolute Gasteiger partial charge is 0.381 e. The fourth-order valence-corrected chi connectivity index (χ4v) is 6.07. The largest absolute Gasteiger partial charge is 0.416 e. The van der Waals surface area contributed by atoms with Gasteiger partial charge >= 0.3 is 12.4 Å². The van der Waals surface area contributed by atoms with Crippen molar-refractivity contribution >= 4 is 5.91 Å². The highest BCUT2D eigenvalue weighted by atomic mass is 19.4. The van der Waals surface area contributed by atoms with Gasteiger partial charge in [0.25, 0.3) is 0 Å². The number of hydrogen-bond donors (Lipinski definition) is 0. The van der Waals surface area contributed by atoms with Crippen LogP contribution in [0.15, 0.2) is 54.1 Å². The Kier molecular flexibility index (Phi) is 7.73. The molecule has 216 valence electrons. The van der Waals surface area contributed by atoms with E-state index in [4.69, 9.17) is 9.47 Å². The van der Waals surface area contributed by atoms with Crippen LogP contribution < -0.4 is 0 Å². The lowest BCUT2D eigenvalue weighted by Crippen LogP contribution is -2.41. The zero-order valence-corrected chi connectivity index (χ0v) is 21.6. The Morgan fingerprint density at radius 2 is 1.55 bits per heavy atom. The minimum Gasteiger partial charge on any atom is -0.381 e. The van der Waals surface area contributed by atoms with Crippen LogP contribution in [0.3, 0.4) is 0 Å². The van der Waals surface area contributed by atoms with E-state index in [1.807, 2.05) is 0 Å². The van der Waals surface area contributed by atoms with Crippen LogP contribution in [0.2, 0.25) is 0 Å². The van der Waals surface area contributed by atoms with E-state index < -0.39 is 47.4 Å². The van der Waals surface area contributed by atoms with Gasteiger partial charge in [0, 0.05) is 37.8 Å². The standard InChI is InChI=1S/C29H28F7NO3/c1-16(19-10-21(28(31,32)33)14-22(11-19)29(34,35)36)40-25-15-37-24(27(25)18-2-4-23(30)5-3-18)12-20(13-26(37)38)17-6-8-39-9-7-17/h2-5,10-11,13-14,16-17,24-25,27H,6-9,12,15H2,1H3/t16-,24?,25?,27+/m1/s1. The number of benzene rings is 2. The molecule has 11 heteroatoms. The lowest BCUT2D eigenvalue weighted by atomic mass is 9.80. The van der Waals surface area contributed by atoms with Crippen molar-refractivity contribution in [2.45, 2.75) is 62.7 Å². The van der Waals surface area contributed by atoms with E-state index in [2.05, 4.69) is 0 Å². The van der Waals surface area contributed by atoms with Gasteiger partial charge in [-0.3, -0.25) is 4.79 Å². The summed E-state index contributed by atoms with van der Waals surface area (Å²) in [4.78, 5) is 14.9. The molecule has 2 saturated heterocycles. The second-order valence-electron chi connectivity index (χ2n) is 10.6. The SMILES string of the molecule is C[C@@H](OC1CN2C(=O)C=C(C3CCOCC3)CC2[C@@H]1c1ccc(F)cc1)c1cc(C(F)(F)F)cc(C(F)(F)F)c1. The van der Waals surface area contributed by atoms with Crippen LogP contribution >= 0.6 is 0 Å². The average Bonchev–Trinajstić information content (AvgIpc) is 3.26. The lowest BCUT2D eigenvalue weighted by molar-refractivity contribution is -0.143. The lowest BCUT2D eigenvalue weighted by Gasteiger charge is -2.36. The zero-order valence-electron chi connectivity index (χ0n) is 21.6. The first-order chi connectivity index (χ1) is 18.8. The molecule has 5 rings (SSSR count). The van der Waals surface area contributed by atoms with Gasteiger partial charge in [0.2, 0.25) is 5.91 Å². The topological polar surface area (TPSA) is 38.8 Å². The second-order valence-corrected chi connectivity index (χ2v) is 10.6. The zero-order chi connectivity index (χ0) is 28.8. The fourth-order valence-electron chi connectivity index (χ4n) is 6.07. The molecule has 0 aliphatic carbocycles. The molecule has 2 fully saturated rings. The van der Waals surface area contributed by atoms with E-state index in [0.717, 1.165) is 18.4 Å². The molecule has 2 unspecified atom stereocenters. The highest BCUT2D eigenvalue weighted by Crippen LogP contribution is 2.45.